The van der Waals surface area contributed by atoms with E-state index < -0.39 is 0 Å². The summed E-state index contributed by atoms with van der Waals surface area (Å²) in [4.78, 5) is 0. The number of fused-ring (bicyclic) bond motifs is 1. The molecule has 94 valence electrons. The quantitative estimate of drug-likeness (QED) is 0.849. The summed E-state index contributed by atoms with van der Waals surface area (Å²) in [6, 6.07) is 8.75. The van der Waals surface area contributed by atoms with E-state index in [0.29, 0.717) is 12.5 Å². The van der Waals surface area contributed by atoms with Gasteiger partial charge in [0.25, 0.3) is 0 Å². The summed E-state index contributed by atoms with van der Waals surface area (Å²) in [7, 11) is 1.64. The minimum absolute atomic E-state index is 0.311. The fraction of sp³-hybridized carbons (Fsp3) is 0.600. The number of rotatable bonds is 5. The molecule has 2 heteroatoms. The van der Waals surface area contributed by atoms with Gasteiger partial charge in [-0.2, -0.15) is 0 Å². The molecule has 0 bridgehead atoms. The maximum Gasteiger partial charge on any atom is 0.0773 e. The largest absolute Gasteiger partial charge is 0.391 e. The lowest BCUT2D eigenvalue weighted by Gasteiger charge is -2.26. The third kappa shape index (κ3) is 3.30. The molecule has 0 aliphatic heterocycles. The Balaban J connectivity index is 1.94. The molecule has 0 radical (unpaired) electrons. The van der Waals surface area contributed by atoms with Gasteiger partial charge in [0.05, 0.1) is 12.7 Å². The lowest BCUT2D eigenvalue weighted by atomic mass is 9.80. The first-order valence-corrected chi connectivity index (χ1v) is 6.56. The van der Waals surface area contributed by atoms with Crippen LogP contribution < -0.4 is 0 Å². The van der Waals surface area contributed by atoms with Crippen LogP contribution in [0.25, 0.3) is 0 Å². The Hall–Kier alpha value is -0.860. The van der Waals surface area contributed by atoms with Gasteiger partial charge in [0.1, 0.15) is 0 Å². The summed E-state index contributed by atoms with van der Waals surface area (Å²) >= 11 is 0. The van der Waals surface area contributed by atoms with Crippen molar-refractivity contribution < 1.29 is 9.84 Å². The number of hydrogen-bond donors (Lipinski definition) is 1. The lowest BCUT2D eigenvalue weighted by molar-refractivity contribution is 0.0564. The SMILES string of the molecule is COCC(O)CCC1CCCc2ccccc21. The average Bonchev–Trinajstić information content (AvgIpc) is 2.36. The zero-order chi connectivity index (χ0) is 12.1. The second kappa shape index (κ2) is 6.18. The Bertz CT molecular complexity index is 349. The van der Waals surface area contributed by atoms with Gasteiger partial charge in [0.2, 0.25) is 0 Å². The predicted octanol–water partition coefficient (Wildman–Crippen LogP) is 2.89. The molecule has 1 aromatic rings. The summed E-state index contributed by atoms with van der Waals surface area (Å²) < 4.78 is 4.96. The van der Waals surface area contributed by atoms with E-state index in [9.17, 15) is 5.11 Å². The van der Waals surface area contributed by atoms with E-state index in [1.807, 2.05) is 0 Å². The van der Waals surface area contributed by atoms with Crippen LogP contribution in [-0.2, 0) is 11.2 Å². The number of methoxy groups -OCH3 is 1. The van der Waals surface area contributed by atoms with Gasteiger partial charge in [-0.3, -0.25) is 0 Å². The Morgan fingerprint density at radius 3 is 3.06 bits per heavy atom. The second-order valence-corrected chi connectivity index (χ2v) is 4.97. The van der Waals surface area contributed by atoms with Gasteiger partial charge in [-0.15, -0.1) is 0 Å². The molecule has 2 atom stereocenters. The van der Waals surface area contributed by atoms with Crippen LogP contribution in [0.15, 0.2) is 24.3 Å². The van der Waals surface area contributed by atoms with Crippen molar-refractivity contribution in [1.82, 2.24) is 0 Å². The van der Waals surface area contributed by atoms with Crippen molar-refractivity contribution >= 4 is 0 Å². The van der Waals surface area contributed by atoms with E-state index in [-0.39, 0.29) is 6.10 Å². The topological polar surface area (TPSA) is 29.5 Å². The first-order chi connectivity index (χ1) is 8.31. The zero-order valence-electron chi connectivity index (χ0n) is 10.6. The molecule has 1 aromatic carbocycles. The highest BCUT2D eigenvalue weighted by atomic mass is 16.5. The van der Waals surface area contributed by atoms with Crippen molar-refractivity contribution in [3.8, 4) is 0 Å². The number of benzene rings is 1. The van der Waals surface area contributed by atoms with Crippen LogP contribution in [0.4, 0.5) is 0 Å². The third-order valence-corrected chi connectivity index (χ3v) is 3.70. The number of aliphatic hydroxyl groups is 1. The third-order valence-electron chi connectivity index (χ3n) is 3.70. The average molecular weight is 234 g/mol. The van der Waals surface area contributed by atoms with E-state index in [4.69, 9.17) is 4.74 Å². The number of aryl methyl sites for hydroxylation is 1. The van der Waals surface area contributed by atoms with Gasteiger partial charge < -0.3 is 9.84 Å². The zero-order valence-corrected chi connectivity index (χ0v) is 10.6. The van der Waals surface area contributed by atoms with Crippen molar-refractivity contribution in [1.29, 1.82) is 0 Å². The molecule has 0 heterocycles. The summed E-state index contributed by atoms with van der Waals surface area (Å²) in [5, 5.41) is 9.70. The molecule has 0 saturated heterocycles. The smallest absolute Gasteiger partial charge is 0.0773 e. The van der Waals surface area contributed by atoms with Gasteiger partial charge in [0, 0.05) is 7.11 Å². The minimum Gasteiger partial charge on any atom is -0.391 e. The molecule has 2 rings (SSSR count). The van der Waals surface area contributed by atoms with Crippen molar-refractivity contribution in [2.75, 3.05) is 13.7 Å². The Labute approximate surface area is 104 Å². The van der Waals surface area contributed by atoms with Gasteiger partial charge in [-0.1, -0.05) is 24.3 Å². The van der Waals surface area contributed by atoms with Gasteiger partial charge >= 0.3 is 0 Å². The van der Waals surface area contributed by atoms with Crippen LogP contribution in [0.1, 0.15) is 42.7 Å². The van der Waals surface area contributed by atoms with E-state index in [2.05, 4.69) is 24.3 Å². The maximum absolute atomic E-state index is 9.70. The van der Waals surface area contributed by atoms with E-state index in [1.165, 1.54) is 30.4 Å². The fourth-order valence-electron chi connectivity index (χ4n) is 2.82. The van der Waals surface area contributed by atoms with Crippen molar-refractivity contribution in [3.63, 3.8) is 0 Å². The molecule has 0 aromatic heterocycles. The number of hydrogen-bond acceptors (Lipinski definition) is 2. The van der Waals surface area contributed by atoms with E-state index >= 15 is 0 Å². The highest BCUT2D eigenvalue weighted by Gasteiger charge is 2.20. The first-order valence-electron chi connectivity index (χ1n) is 6.56. The number of ether oxygens (including phenoxy) is 1. The summed E-state index contributed by atoms with van der Waals surface area (Å²) in [6.45, 7) is 0.453. The van der Waals surface area contributed by atoms with Gasteiger partial charge in [0.15, 0.2) is 0 Å². The Morgan fingerprint density at radius 2 is 2.24 bits per heavy atom. The molecule has 1 N–H and O–H groups in total. The van der Waals surface area contributed by atoms with Gasteiger partial charge in [-0.05, 0) is 49.1 Å². The summed E-state index contributed by atoms with van der Waals surface area (Å²) in [5.74, 6) is 0.631. The minimum atomic E-state index is -0.311. The molecule has 1 aliphatic carbocycles. The Kier molecular flexibility index (Phi) is 4.57. The molecule has 1 aliphatic rings. The molecule has 0 spiro atoms. The Morgan fingerprint density at radius 1 is 1.41 bits per heavy atom. The van der Waals surface area contributed by atoms with Crippen LogP contribution >= 0.6 is 0 Å². The molecule has 2 nitrogen and oxygen atoms in total. The van der Waals surface area contributed by atoms with Gasteiger partial charge in [-0.25, -0.2) is 0 Å². The van der Waals surface area contributed by atoms with Crippen LogP contribution in [0.5, 0.6) is 0 Å². The highest BCUT2D eigenvalue weighted by molar-refractivity contribution is 5.32. The van der Waals surface area contributed by atoms with Crippen LogP contribution in [-0.4, -0.2) is 24.9 Å². The maximum atomic E-state index is 9.70. The molecule has 0 fully saturated rings. The fourth-order valence-corrected chi connectivity index (χ4v) is 2.82. The number of aliphatic hydroxyl groups excluding tert-OH is 1. The monoisotopic (exact) mass is 234 g/mol. The molecule has 2 unspecified atom stereocenters. The molecular formula is C15H22O2. The van der Waals surface area contributed by atoms with Crippen molar-refractivity contribution in [3.05, 3.63) is 35.4 Å². The van der Waals surface area contributed by atoms with Crippen molar-refractivity contribution in [2.45, 2.75) is 44.1 Å². The summed E-state index contributed by atoms with van der Waals surface area (Å²) in [5.41, 5.74) is 3.01. The predicted molar refractivity (Wildman–Crippen MR) is 69.2 cm³/mol. The van der Waals surface area contributed by atoms with Crippen LogP contribution in [0.2, 0.25) is 0 Å². The van der Waals surface area contributed by atoms with E-state index in [1.54, 1.807) is 7.11 Å². The van der Waals surface area contributed by atoms with Crippen molar-refractivity contribution in [2.24, 2.45) is 0 Å². The second-order valence-electron chi connectivity index (χ2n) is 4.97. The van der Waals surface area contributed by atoms with E-state index in [0.717, 1.165) is 12.8 Å². The highest BCUT2D eigenvalue weighted by Crippen LogP contribution is 2.34. The normalized spacial score (nSPS) is 20.9. The standard InChI is InChI=1S/C15H22O2/c1-17-11-14(16)10-9-13-7-4-6-12-5-2-3-8-15(12)13/h2-3,5,8,13-14,16H,4,6-7,9-11H2,1H3. The summed E-state index contributed by atoms with van der Waals surface area (Å²) in [6.07, 6.45) is 5.36. The molecule has 0 saturated carbocycles. The van der Waals surface area contributed by atoms with Crippen LogP contribution in [0, 0.1) is 0 Å². The first kappa shape index (κ1) is 12.6. The molecule has 17 heavy (non-hydrogen) atoms. The molecule has 0 amide bonds. The lowest BCUT2D eigenvalue weighted by Crippen LogP contribution is -2.17. The molecular weight excluding hydrogens is 212 g/mol. The van der Waals surface area contributed by atoms with Crippen LogP contribution in [0.3, 0.4) is 0 Å².